The molecule has 0 unspecified atom stereocenters. The first-order valence-corrected chi connectivity index (χ1v) is 10.2. The Labute approximate surface area is 165 Å². The molecule has 0 N–H and O–H groups in total. The lowest BCUT2D eigenvalue weighted by Gasteiger charge is -2.19. The summed E-state index contributed by atoms with van der Waals surface area (Å²) >= 11 is 0. The molecule has 0 radical (unpaired) electrons. The van der Waals surface area contributed by atoms with Crippen LogP contribution in [0.25, 0.3) is 0 Å². The van der Waals surface area contributed by atoms with Crippen LogP contribution in [0.2, 0.25) is 0 Å². The van der Waals surface area contributed by atoms with Gasteiger partial charge in [-0.15, -0.1) is 0 Å². The first-order chi connectivity index (χ1) is 13.4. The number of imidazole rings is 1. The minimum Gasteiger partial charge on any atom is -0.459 e. The van der Waals surface area contributed by atoms with E-state index >= 15 is 0 Å². The van der Waals surface area contributed by atoms with E-state index in [2.05, 4.69) is 18.0 Å². The Morgan fingerprint density at radius 1 is 1.46 bits per heavy atom. The summed E-state index contributed by atoms with van der Waals surface area (Å²) in [6.07, 6.45) is 7.82. The molecule has 28 heavy (non-hydrogen) atoms. The molecular formula is C21H28N2O5. The molecule has 3 heterocycles. The van der Waals surface area contributed by atoms with Crippen molar-refractivity contribution in [1.82, 2.24) is 9.55 Å². The van der Waals surface area contributed by atoms with E-state index in [9.17, 15) is 9.59 Å². The highest BCUT2D eigenvalue weighted by molar-refractivity contribution is 5.72. The SMILES string of the molecule is CCc1nc(C)cn1C(=O)OC/C1=C/CC[C@@]2(C)O[C@@H]2[C@H]2OC(=O)C[C@@H]2CC1. The van der Waals surface area contributed by atoms with Crippen LogP contribution < -0.4 is 0 Å². The number of hydrogen-bond donors (Lipinski definition) is 0. The number of aromatic nitrogens is 2. The second-order valence-electron chi connectivity index (χ2n) is 8.29. The molecule has 2 saturated heterocycles. The monoisotopic (exact) mass is 388 g/mol. The van der Waals surface area contributed by atoms with E-state index in [0.29, 0.717) is 18.7 Å². The van der Waals surface area contributed by atoms with Crippen molar-refractivity contribution in [3.8, 4) is 0 Å². The third-order valence-electron chi connectivity index (χ3n) is 6.10. The smallest absolute Gasteiger partial charge is 0.419 e. The number of aryl methyl sites for hydroxylation is 2. The molecule has 7 heteroatoms. The molecule has 3 aliphatic rings. The highest BCUT2D eigenvalue weighted by Gasteiger charge is 2.60. The lowest BCUT2D eigenvalue weighted by Crippen LogP contribution is -2.28. The third-order valence-corrected chi connectivity index (χ3v) is 6.10. The van der Waals surface area contributed by atoms with Gasteiger partial charge in [-0.05, 0) is 45.1 Å². The fraction of sp³-hybridized carbons (Fsp3) is 0.667. The van der Waals surface area contributed by atoms with Gasteiger partial charge in [-0.3, -0.25) is 4.79 Å². The van der Waals surface area contributed by atoms with Crippen molar-refractivity contribution in [3.63, 3.8) is 0 Å². The molecule has 4 rings (SSSR count). The van der Waals surface area contributed by atoms with E-state index in [-0.39, 0.29) is 36.3 Å². The fourth-order valence-electron chi connectivity index (χ4n) is 4.42. The zero-order valence-corrected chi connectivity index (χ0v) is 16.8. The molecule has 4 atom stereocenters. The van der Waals surface area contributed by atoms with E-state index in [1.807, 2.05) is 13.8 Å². The van der Waals surface area contributed by atoms with Crippen LogP contribution >= 0.6 is 0 Å². The number of ether oxygens (including phenoxy) is 3. The summed E-state index contributed by atoms with van der Waals surface area (Å²) in [6, 6.07) is 0. The van der Waals surface area contributed by atoms with Crippen molar-refractivity contribution in [3.05, 3.63) is 29.4 Å². The molecule has 0 saturated carbocycles. The molecule has 1 aromatic rings. The number of allylic oxidation sites excluding steroid dienone is 1. The minimum atomic E-state index is -0.398. The van der Waals surface area contributed by atoms with Gasteiger partial charge in [0, 0.05) is 18.5 Å². The molecule has 0 aromatic carbocycles. The van der Waals surface area contributed by atoms with Crippen LogP contribution in [-0.4, -0.2) is 46.0 Å². The van der Waals surface area contributed by atoms with Gasteiger partial charge >= 0.3 is 12.1 Å². The van der Waals surface area contributed by atoms with Gasteiger partial charge in [0.05, 0.1) is 17.7 Å². The van der Waals surface area contributed by atoms with Gasteiger partial charge < -0.3 is 14.2 Å². The van der Waals surface area contributed by atoms with Crippen LogP contribution in [0.5, 0.6) is 0 Å². The fourth-order valence-corrected chi connectivity index (χ4v) is 4.42. The molecule has 0 bridgehead atoms. The Hall–Kier alpha value is -2.15. The zero-order valence-electron chi connectivity index (χ0n) is 16.8. The first kappa shape index (κ1) is 19.2. The zero-order chi connectivity index (χ0) is 19.9. The third kappa shape index (κ3) is 3.72. The predicted molar refractivity (Wildman–Crippen MR) is 101 cm³/mol. The van der Waals surface area contributed by atoms with Crippen molar-refractivity contribution in [1.29, 1.82) is 0 Å². The second-order valence-corrected chi connectivity index (χ2v) is 8.29. The molecule has 152 valence electrons. The average Bonchev–Trinajstić information content (AvgIpc) is 2.98. The standard InChI is InChI=1S/C21H28N2O5/c1-4-16-22-13(2)11-23(16)20(25)26-12-14-6-5-9-21(3)19(28-21)18-15(8-7-14)10-17(24)27-18/h6,11,15,18-19H,4-5,7-10,12H2,1-3H3/b14-6+/t15-,18-,19+,21+/m0/s1. The summed E-state index contributed by atoms with van der Waals surface area (Å²) in [7, 11) is 0. The summed E-state index contributed by atoms with van der Waals surface area (Å²) < 4.78 is 18.5. The van der Waals surface area contributed by atoms with Crippen molar-refractivity contribution in [2.24, 2.45) is 5.92 Å². The van der Waals surface area contributed by atoms with Crippen molar-refractivity contribution >= 4 is 12.1 Å². The summed E-state index contributed by atoms with van der Waals surface area (Å²) in [5.74, 6) is 0.739. The van der Waals surface area contributed by atoms with Gasteiger partial charge in [0.2, 0.25) is 0 Å². The highest BCUT2D eigenvalue weighted by Crippen LogP contribution is 2.48. The Morgan fingerprint density at radius 3 is 3.07 bits per heavy atom. The number of carbonyl (C=O) groups is 2. The molecule has 0 amide bonds. The number of epoxide rings is 1. The van der Waals surface area contributed by atoms with Crippen molar-refractivity contribution in [2.45, 2.75) is 77.1 Å². The van der Waals surface area contributed by atoms with Gasteiger partial charge in [-0.2, -0.15) is 0 Å². The Balaban J connectivity index is 1.42. The second kappa shape index (κ2) is 7.35. The predicted octanol–water partition coefficient (Wildman–Crippen LogP) is 3.33. The number of rotatable bonds is 3. The summed E-state index contributed by atoms with van der Waals surface area (Å²) in [5.41, 5.74) is 1.67. The van der Waals surface area contributed by atoms with Gasteiger partial charge in [0.25, 0.3) is 0 Å². The van der Waals surface area contributed by atoms with Crippen LogP contribution in [-0.2, 0) is 25.4 Å². The van der Waals surface area contributed by atoms with Crippen LogP contribution in [0.3, 0.4) is 0 Å². The number of fused-ring (bicyclic) bond motifs is 3. The van der Waals surface area contributed by atoms with Crippen LogP contribution in [0.4, 0.5) is 4.79 Å². The van der Waals surface area contributed by atoms with E-state index in [0.717, 1.165) is 37.0 Å². The molecular weight excluding hydrogens is 360 g/mol. The molecule has 1 aromatic heterocycles. The number of carbonyl (C=O) groups excluding carboxylic acids is 2. The Morgan fingerprint density at radius 2 is 2.29 bits per heavy atom. The van der Waals surface area contributed by atoms with E-state index < -0.39 is 6.09 Å². The van der Waals surface area contributed by atoms with E-state index in [1.54, 1.807) is 6.20 Å². The van der Waals surface area contributed by atoms with Gasteiger partial charge in [-0.1, -0.05) is 13.0 Å². The average molecular weight is 388 g/mol. The Bertz CT molecular complexity index is 814. The Kier molecular flexibility index (Phi) is 5.04. The quantitative estimate of drug-likeness (QED) is 0.449. The molecule has 1 aliphatic carbocycles. The maximum Gasteiger partial charge on any atom is 0.419 e. The lowest BCUT2D eigenvalue weighted by molar-refractivity contribution is -0.142. The maximum absolute atomic E-state index is 12.5. The van der Waals surface area contributed by atoms with Crippen molar-refractivity contribution in [2.75, 3.05) is 6.61 Å². The van der Waals surface area contributed by atoms with Gasteiger partial charge in [0.1, 0.15) is 24.6 Å². The van der Waals surface area contributed by atoms with Crippen LogP contribution in [0, 0.1) is 12.8 Å². The first-order valence-electron chi connectivity index (χ1n) is 10.2. The molecule has 0 spiro atoms. The van der Waals surface area contributed by atoms with Gasteiger partial charge in [0.15, 0.2) is 0 Å². The summed E-state index contributed by atoms with van der Waals surface area (Å²) in [4.78, 5) is 28.6. The number of nitrogens with zero attached hydrogens (tertiary/aromatic N) is 2. The maximum atomic E-state index is 12.5. The minimum absolute atomic E-state index is 0.0219. The van der Waals surface area contributed by atoms with E-state index in [1.165, 1.54) is 4.57 Å². The normalized spacial score (nSPS) is 33.9. The van der Waals surface area contributed by atoms with Gasteiger partial charge in [-0.25, -0.2) is 14.3 Å². The van der Waals surface area contributed by atoms with Crippen molar-refractivity contribution < 1.29 is 23.8 Å². The van der Waals surface area contributed by atoms with E-state index in [4.69, 9.17) is 14.2 Å². The molecule has 7 nitrogen and oxygen atoms in total. The molecule has 2 aliphatic heterocycles. The van der Waals surface area contributed by atoms with Crippen LogP contribution in [0.1, 0.15) is 57.5 Å². The summed E-state index contributed by atoms with van der Waals surface area (Å²) in [5, 5.41) is 0. The summed E-state index contributed by atoms with van der Waals surface area (Å²) in [6.45, 7) is 6.17. The lowest BCUT2D eigenvalue weighted by atomic mass is 9.85. The van der Waals surface area contributed by atoms with Crippen LogP contribution in [0.15, 0.2) is 17.8 Å². The topological polar surface area (TPSA) is 83.0 Å². The number of hydrogen-bond acceptors (Lipinski definition) is 6. The number of esters is 1. The molecule has 2 fully saturated rings. The largest absolute Gasteiger partial charge is 0.459 e. The highest BCUT2D eigenvalue weighted by atomic mass is 16.6.